The van der Waals surface area contributed by atoms with E-state index in [2.05, 4.69) is 0 Å². The molecule has 0 atom stereocenters. The lowest BCUT2D eigenvalue weighted by Crippen LogP contribution is -2.65. The summed E-state index contributed by atoms with van der Waals surface area (Å²) in [4.78, 5) is 41.3. The van der Waals surface area contributed by atoms with Gasteiger partial charge in [-0.3, -0.25) is 19.4 Å². The van der Waals surface area contributed by atoms with Crippen LogP contribution in [0.5, 0.6) is 0 Å². The molecule has 0 spiro atoms. The van der Waals surface area contributed by atoms with E-state index in [1.54, 1.807) is 30.5 Å². The minimum absolute atomic E-state index is 0.0224. The Kier molecular flexibility index (Phi) is 6.67. The van der Waals surface area contributed by atoms with Gasteiger partial charge in [-0.25, -0.2) is 4.79 Å². The number of allylic oxidation sites excluding steroid dienone is 1. The third-order valence-corrected chi connectivity index (χ3v) is 6.30. The number of hydrogen-bond donors (Lipinski definition) is 0. The van der Waals surface area contributed by atoms with Crippen molar-refractivity contribution in [3.8, 4) is 0 Å². The largest absolute Gasteiger partial charge is 0.547 e. The van der Waals surface area contributed by atoms with Gasteiger partial charge in [0.2, 0.25) is 16.6 Å². The number of carbonyl (C=O) groups is 3. The molecule has 164 valence electrons. The van der Waals surface area contributed by atoms with E-state index in [9.17, 15) is 14.4 Å². The number of benzene rings is 1. The highest BCUT2D eigenvalue weighted by molar-refractivity contribution is 6.70. The van der Waals surface area contributed by atoms with Crippen molar-refractivity contribution in [1.82, 2.24) is 9.80 Å². The van der Waals surface area contributed by atoms with E-state index in [0.717, 1.165) is 9.80 Å². The average Bonchev–Trinajstić information content (AvgIpc) is 2.65. The summed E-state index contributed by atoms with van der Waals surface area (Å²) < 4.78 is 12.2. The van der Waals surface area contributed by atoms with Gasteiger partial charge < -0.3 is 8.85 Å². The van der Waals surface area contributed by atoms with E-state index in [1.807, 2.05) is 45.3 Å². The van der Waals surface area contributed by atoms with Crippen molar-refractivity contribution in [3.63, 3.8) is 0 Å². The Morgan fingerprint density at radius 2 is 1.40 bits per heavy atom. The van der Waals surface area contributed by atoms with Gasteiger partial charge in [-0.15, -0.1) is 0 Å². The lowest BCUT2D eigenvalue weighted by Gasteiger charge is -2.42. The second kappa shape index (κ2) is 8.39. The highest BCUT2D eigenvalue weighted by Gasteiger charge is 2.57. The number of nitrogens with zero attached hydrogens (tertiary/aromatic N) is 2. The van der Waals surface area contributed by atoms with Crippen molar-refractivity contribution in [1.29, 1.82) is 0 Å². The molecule has 1 aromatic rings. The quantitative estimate of drug-likeness (QED) is 0.359. The van der Waals surface area contributed by atoms with Crippen molar-refractivity contribution in [3.05, 3.63) is 47.9 Å². The maximum Gasteiger partial charge on any atom is 0.332 e. The Labute approximate surface area is 180 Å². The van der Waals surface area contributed by atoms with Gasteiger partial charge in [-0.1, -0.05) is 30.3 Å². The van der Waals surface area contributed by atoms with Gasteiger partial charge in [-0.2, -0.15) is 0 Å². The summed E-state index contributed by atoms with van der Waals surface area (Å²) >= 11 is 0. The molecule has 1 aliphatic heterocycles. The van der Waals surface area contributed by atoms with Crippen molar-refractivity contribution >= 4 is 34.5 Å². The normalized spacial score (nSPS) is 18.0. The first-order valence-corrected chi connectivity index (χ1v) is 16.7. The van der Waals surface area contributed by atoms with Gasteiger partial charge in [0.1, 0.15) is 12.0 Å². The monoisotopic (exact) mass is 448 g/mol. The topological polar surface area (TPSA) is 76.2 Å². The smallest absolute Gasteiger partial charge is 0.332 e. The fraction of sp³-hybridized carbons (Fsp3) is 0.476. The van der Waals surface area contributed by atoms with Gasteiger partial charge >= 0.3 is 6.03 Å². The Balaban J connectivity index is 2.66. The zero-order chi connectivity index (χ0) is 22.9. The third-order valence-electron chi connectivity index (χ3n) is 4.60. The van der Waals surface area contributed by atoms with Crippen molar-refractivity contribution in [2.45, 2.75) is 51.1 Å². The van der Waals surface area contributed by atoms with E-state index in [0.29, 0.717) is 11.3 Å². The fourth-order valence-corrected chi connectivity index (χ4v) is 4.68. The second-order valence-electron chi connectivity index (χ2n) is 9.49. The van der Waals surface area contributed by atoms with E-state index in [4.69, 9.17) is 8.85 Å². The van der Waals surface area contributed by atoms with Gasteiger partial charge in [0.05, 0.1) is 0 Å². The number of imide groups is 2. The van der Waals surface area contributed by atoms with Gasteiger partial charge in [0.15, 0.2) is 5.41 Å². The summed E-state index contributed by atoms with van der Waals surface area (Å²) in [6.45, 7) is 12.2. The fourth-order valence-electron chi connectivity index (χ4n) is 3.28. The number of barbiturate groups is 1. The summed E-state index contributed by atoms with van der Waals surface area (Å²) in [6.07, 6.45) is 1.54. The molecule has 0 N–H and O–H groups in total. The first-order chi connectivity index (χ1) is 13.7. The SMILES string of the molecule is CN1C(=O)N(C)C(=O)C(C/C(=C/O[Si](C)(C)C)O[Si](C)(C)C)(c2ccccc2)C1=O. The standard InChI is InChI=1S/C21H32N2O5Si2/c1-22-18(24)21(16-12-10-9-11-13-16,19(25)23(2)20(22)26)14-17(28-30(6,7)8)15-27-29(3,4)5/h9-13,15H,14H2,1-8H3/b17-15-. The zero-order valence-electron chi connectivity index (χ0n) is 19.1. The van der Waals surface area contributed by atoms with Crippen LogP contribution in [0, 0.1) is 0 Å². The summed E-state index contributed by atoms with van der Waals surface area (Å²) in [7, 11) is -1.21. The maximum absolute atomic E-state index is 13.5. The molecular weight excluding hydrogens is 416 g/mol. The van der Waals surface area contributed by atoms with Crippen LogP contribution in [0.2, 0.25) is 39.3 Å². The molecule has 0 saturated carbocycles. The van der Waals surface area contributed by atoms with Crippen LogP contribution in [0.3, 0.4) is 0 Å². The van der Waals surface area contributed by atoms with Crippen LogP contribution < -0.4 is 0 Å². The first-order valence-electron chi connectivity index (χ1n) is 9.91. The number of rotatable bonds is 7. The molecule has 0 radical (unpaired) electrons. The predicted octanol–water partition coefficient (Wildman–Crippen LogP) is 3.91. The molecule has 4 amide bonds. The summed E-state index contributed by atoms with van der Waals surface area (Å²) in [5.74, 6) is -0.696. The Morgan fingerprint density at radius 3 is 1.83 bits per heavy atom. The van der Waals surface area contributed by atoms with E-state index in [-0.39, 0.29) is 6.42 Å². The minimum Gasteiger partial charge on any atom is -0.547 e. The molecule has 1 fully saturated rings. The maximum atomic E-state index is 13.5. The number of hydrogen-bond acceptors (Lipinski definition) is 5. The Morgan fingerprint density at radius 1 is 0.900 bits per heavy atom. The van der Waals surface area contributed by atoms with Gasteiger partial charge in [0, 0.05) is 20.5 Å². The molecule has 0 aliphatic carbocycles. The van der Waals surface area contributed by atoms with E-state index in [1.165, 1.54) is 14.1 Å². The molecule has 0 unspecified atom stereocenters. The molecule has 7 nitrogen and oxygen atoms in total. The lowest BCUT2D eigenvalue weighted by atomic mass is 9.73. The van der Waals surface area contributed by atoms with E-state index >= 15 is 0 Å². The van der Waals surface area contributed by atoms with Crippen LogP contribution >= 0.6 is 0 Å². The van der Waals surface area contributed by atoms with Gasteiger partial charge in [0.25, 0.3) is 11.8 Å². The number of urea groups is 1. The molecular formula is C21H32N2O5Si2. The van der Waals surface area contributed by atoms with Crippen LogP contribution in [0.15, 0.2) is 42.4 Å². The summed E-state index contributed by atoms with van der Waals surface area (Å²) in [5, 5.41) is 0. The Bertz CT molecular complexity index is 832. The third kappa shape index (κ3) is 5.01. The molecule has 30 heavy (non-hydrogen) atoms. The predicted molar refractivity (Wildman–Crippen MR) is 121 cm³/mol. The first kappa shape index (κ1) is 23.9. The molecule has 1 aromatic carbocycles. The molecule has 1 aliphatic rings. The molecule has 1 heterocycles. The van der Waals surface area contributed by atoms with Crippen LogP contribution in [0.4, 0.5) is 4.79 Å². The molecule has 9 heteroatoms. The van der Waals surface area contributed by atoms with Crippen LogP contribution in [0.25, 0.3) is 0 Å². The summed E-state index contributed by atoms with van der Waals surface area (Å²) in [5.41, 5.74) is -1.09. The molecule has 2 rings (SSSR count). The molecule has 1 saturated heterocycles. The molecule has 0 bridgehead atoms. The average molecular weight is 449 g/mol. The van der Waals surface area contributed by atoms with Crippen LogP contribution in [-0.2, 0) is 23.9 Å². The zero-order valence-corrected chi connectivity index (χ0v) is 21.1. The number of amides is 4. The van der Waals surface area contributed by atoms with Crippen LogP contribution in [-0.4, -0.2) is 58.4 Å². The Hall–Kier alpha value is -2.40. The second-order valence-corrected chi connectivity index (χ2v) is 18.4. The lowest BCUT2D eigenvalue weighted by molar-refractivity contribution is -0.150. The number of likely N-dealkylation sites (N-methyl/N-ethyl adjacent to an activating group) is 2. The highest BCUT2D eigenvalue weighted by atomic mass is 28.4. The molecule has 0 aromatic heterocycles. The van der Waals surface area contributed by atoms with E-state index < -0.39 is 39.9 Å². The number of carbonyl (C=O) groups excluding carboxylic acids is 3. The van der Waals surface area contributed by atoms with Crippen LogP contribution in [0.1, 0.15) is 12.0 Å². The van der Waals surface area contributed by atoms with Gasteiger partial charge in [-0.05, 0) is 44.8 Å². The van der Waals surface area contributed by atoms with Crippen molar-refractivity contribution in [2.75, 3.05) is 14.1 Å². The highest BCUT2D eigenvalue weighted by Crippen LogP contribution is 2.39. The van der Waals surface area contributed by atoms with Crippen molar-refractivity contribution < 1.29 is 23.2 Å². The minimum atomic E-state index is -2.08. The summed E-state index contributed by atoms with van der Waals surface area (Å²) in [6, 6.07) is 8.19. The van der Waals surface area contributed by atoms with Crippen molar-refractivity contribution in [2.24, 2.45) is 0 Å².